The lowest BCUT2D eigenvalue weighted by atomic mass is 9.87. The molecule has 3 aromatic carbocycles. The maximum absolute atomic E-state index is 11.4. The van der Waals surface area contributed by atoms with E-state index < -0.39 is 12.2 Å². The van der Waals surface area contributed by atoms with Gasteiger partial charge in [-0.1, -0.05) is 42.5 Å². The van der Waals surface area contributed by atoms with Crippen molar-refractivity contribution >= 4 is 33.3 Å². The number of aliphatic hydroxyl groups is 2. The second kappa shape index (κ2) is 4.87. The van der Waals surface area contributed by atoms with Crippen LogP contribution in [0.1, 0.15) is 17.2 Å². The quantitative estimate of drug-likeness (QED) is 0.410. The first-order chi connectivity index (χ1) is 11.1. The SMILES string of the molecule is O=[N+]([O-])c1cc2c3c(ccc2c2ccccc12)C(O)C(O)C=C3. The molecule has 0 fully saturated rings. The lowest BCUT2D eigenvalue weighted by molar-refractivity contribution is -0.382. The van der Waals surface area contributed by atoms with Gasteiger partial charge in [0.05, 0.1) is 10.3 Å². The van der Waals surface area contributed by atoms with E-state index in [4.69, 9.17) is 0 Å². The second-order valence-electron chi connectivity index (χ2n) is 5.66. The molecule has 1 aliphatic rings. The normalized spacial score (nSPS) is 19.9. The third-order valence-electron chi connectivity index (χ3n) is 4.39. The fourth-order valence-electron chi connectivity index (χ4n) is 3.28. The molecule has 0 aliphatic heterocycles. The zero-order valence-electron chi connectivity index (χ0n) is 12.0. The van der Waals surface area contributed by atoms with Gasteiger partial charge in [-0.15, -0.1) is 0 Å². The van der Waals surface area contributed by atoms with E-state index in [1.54, 1.807) is 30.3 Å². The van der Waals surface area contributed by atoms with E-state index in [1.165, 1.54) is 6.08 Å². The molecule has 5 heteroatoms. The number of non-ortho nitro benzene ring substituents is 1. The average molecular weight is 307 g/mol. The van der Waals surface area contributed by atoms with Crippen molar-refractivity contribution < 1.29 is 15.1 Å². The molecule has 2 N–H and O–H groups in total. The second-order valence-corrected chi connectivity index (χ2v) is 5.66. The summed E-state index contributed by atoms with van der Waals surface area (Å²) < 4.78 is 0. The van der Waals surface area contributed by atoms with Crippen molar-refractivity contribution in [1.29, 1.82) is 0 Å². The van der Waals surface area contributed by atoms with E-state index in [9.17, 15) is 20.3 Å². The first kappa shape index (κ1) is 13.9. The maximum atomic E-state index is 11.4. The van der Waals surface area contributed by atoms with Crippen LogP contribution in [0, 0.1) is 10.1 Å². The molecule has 2 unspecified atom stereocenters. The van der Waals surface area contributed by atoms with Crippen molar-refractivity contribution in [2.75, 3.05) is 0 Å². The molecule has 1 aliphatic carbocycles. The minimum atomic E-state index is -1.02. The lowest BCUT2D eigenvalue weighted by Gasteiger charge is -2.23. The summed E-state index contributed by atoms with van der Waals surface area (Å²) in [5.74, 6) is 0. The lowest BCUT2D eigenvalue weighted by Crippen LogP contribution is -2.19. The number of hydrogen-bond acceptors (Lipinski definition) is 4. The fourth-order valence-corrected chi connectivity index (χ4v) is 3.28. The zero-order chi connectivity index (χ0) is 16.1. The van der Waals surface area contributed by atoms with Gasteiger partial charge in [0, 0.05) is 6.07 Å². The highest BCUT2D eigenvalue weighted by Gasteiger charge is 2.25. The molecule has 4 rings (SSSR count). The van der Waals surface area contributed by atoms with Crippen LogP contribution in [-0.2, 0) is 0 Å². The number of fused-ring (bicyclic) bond motifs is 5. The molecular weight excluding hydrogens is 294 g/mol. The molecule has 0 amide bonds. The maximum Gasteiger partial charge on any atom is 0.277 e. The minimum absolute atomic E-state index is 0.0375. The van der Waals surface area contributed by atoms with Crippen LogP contribution in [0.2, 0.25) is 0 Å². The summed E-state index contributed by atoms with van der Waals surface area (Å²) in [6, 6.07) is 12.4. The van der Waals surface area contributed by atoms with Crippen molar-refractivity contribution in [2.45, 2.75) is 12.2 Å². The highest BCUT2D eigenvalue weighted by atomic mass is 16.6. The highest BCUT2D eigenvalue weighted by molar-refractivity contribution is 6.14. The van der Waals surface area contributed by atoms with Crippen LogP contribution in [0.3, 0.4) is 0 Å². The third kappa shape index (κ3) is 1.94. The largest absolute Gasteiger partial charge is 0.386 e. The van der Waals surface area contributed by atoms with Gasteiger partial charge in [-0.3, -0.25) is 10.1 Å². The van der Waals surface area contributed by atoms with Crippen LogP contribution in [0.15, 0.2) is 48.5 Å². The van der Waals surface area contributed by atoms with Crippen LogP contribution in [0.25, 0.3) is 27.6 Å². The van der Waals surface area contributed by atoms with Crippen LogP contribution < -0.4 is 0 Å². The van der Waals surface area contributed by atoms with E-state index in [-0.39, 0.29) is 10.6 Å². The summed E-state index contributed by atoms with van der Waals surface area (Å²) in [6.45, 7) is 0. The van der Waals surface area contributed by atoms with Gasteiger partial charge < -0.3 is 10.2 Å². The summed E-state index contributed by atoms with van der Waals surface area (Å²) in [5, 5.41) is 34.3. The Morgan fingerprint density at radius 2 is 1.65 bits per heavy atom. The van der Waals surface area contributed by atoms with E-state index in [1.807, 2.05) is 18.2 Å². The Morgan fingerprint density at radius 3 is 2.39 bits per heavy atom. The van der Waals surface area contributed by atoms with Crippen molar-refractivity contribution in [3.8, 4) is 0 Å². The molecular formula is C18H13NO4. The summed E-state index contributed by atoms with van der Waals surface area (Å²) in [4.78, 5) is 11.1. The van der Waals surface area contributed by atoms with Crippen molar-refractivity contribution in [3.63, 3.8) is 0 Å². The molecule has 2 atom stereocenters. The Hall–Kier alpha value is -2.76. The summed E-state index contributed by atoms with van der Waals surface area (Å²) in [5.41, 5.74) is 1.33. The van der Waals surface area contributed by atoms with Gasteiger partial charge >= 0.3 is 0 Å². The van der Waals surface area contributed by atoms with Crippen molar-refractivity contribution in [2.24, 2.45) is 0 Å². The standard InChI is InChI=1S/C18H13NO4/c20-17-8-7-12-14(18(17)21)6-5-11-10-3-1-2-4-13(10)16(19(22)23)9-15(11)12/h1-9,17-18,20-21H. The molecule has 5 nitrogen and oxygen atoms in total. The van der Waals surface area contributed by atoms with E-state index in [0.717, 1.165) is 10.8 Å². The molecule has 0 saturated carbocycles. The molecule has 3 aromatic rings. The first-order valence-electron chi connectivity index (χ1n) is 7.25. The Kier molecular flexibility index (Phi) is 2.94. The minimum Gasteiger partial charge on any atom is -0.386 e. The van der Waals surface area contributed by atoms with Crippen molar-refractivity contribution in [3.05, 3.63) is 69.8 Å². The zero-order valence-corrected chi connectivity index (χ0v) is 12.0. The number of nitrogens with zero attached hydrogens (tertiary/aromatic N) is 1. The molecule has 0 spiro atoms. The molecule has 114 valence electrons. The molecule has 0 saturated heterocycles. The highest BCUT2D eigenvalue weighted by Crippen LogP contribution is 2.39. The monoisotopic (exact) mass is 307 g/mol. The Labute approximate surface area is 131 Å². The van der Waals surface area contributed by atoms with E-state index in [2.05, 4.69) is 0 Å². The number of nitro benzene ring substituents is 1. The Balaban J connectivity index is 2.18. The Morgan fingerprint density at radius 1 is 0.957 bits per heavy atom. The number of benzene rings is 3. The number of rotatable bonds is 1. The Bertz CT molecular complexity index is 993. The van der Waals surface area contributed by atoms with Gasteiger partial charge in [0.15, 0.2) is 0 Å². The molecule has 0 bridgehead atoms. The first-order valence-corrected chi connectivity index (χ1v) is 7.25. The van der Waals surface area contributed by atoms with Gasteiger partial charge in [-0.05, 0) is 33.4 Å². The summed E-state index contributed by atoms with van der Waals surface area (Å²) >= 11 is 0. The third-order valence-corrected chi connectivity index (χ3v) is 4.39. The van der Waals surface area contributed by atoms with E-state index >= 15 is 0 Å². The van der Waals surface area contributed by atoms with Gasteiger partial charge in [0.1, 0.15) is 12.2 Å². The van der Waals surface area contributed by atoms with Crippen LogP contribution in [0.5, 0.6) is 0 Å². The van der Waals surface area contributed by atoms with Crippen molar-refractivity contribution in [1.82, 2.24) is 0 Å². The molecule has 0 heterocycles. The smallest absolute Gasteiger partial charge is 0.277 e. The predicted octanol–water partition coefficient (Wildman–Crippen LogP) is 3.32. The fraction of sp³-hybridized carbons (Fsp3) is 0.111. The van der Waals surface area contributed by atoms with Gasteiger partial charge in [-0.25, -0.2) is 0 Å². The summed E-state index contributed by atoms with van der Waals surface area (Å²) in [7, 11) is 0. The molecule has 0 radical (unpaired) electrons. The average Bonchev–Trinajstić information content (AvgIpc) is 2.56. The number of aliphatic hydroxyl groups excluding tert-OH is 2. The van der Waals surface area contributed by atoms with Gasteiger partial charge in [0.25, 0.3) is 5.69 Å². The van der Waals surface area contributed by atoms with Gasteiger partial charge in [0.2, 0.25) is 0 Å². The van der Waals surface area contributed by atoms with E-state index in [0.29, 0.717) is 21.9 Å². The topological polar surface area (TPSA) is 83.6 Å². The molecule has 0 aromatic heterocycles. The number of nitro groups is 1. The van der Waals surface area contributed by atoms with Crippen LogP contribution in [0.4, 0.5) is 5.69 Å². The van der Waals surface area contributed by atoms with Crippen LogP contribution in [-0.4, -0.2) is 21.2 Å². The summed E-state index contributed by atoms with van der Waals surface area (Å²) in [6.07, 6.45) is 1.24. The predicted molar refractivity (Wildman–Crippen MR) is 88.1 cm³/mol. The van der Waals surface area contributed by atoms with Gasteiger partial charge in [-0.2, -0.15) is 0 Å². The van der Waals surface area contributed by atoms with Crippen LogP contribution >= 0.6 is 0 Å². The molecule has 23 heavy (non-hydrogen) atoms. The number of hydrogen-bond donors (Lipinski definition) is 2.